The van der Waals surface area contributed by atoms with Crippen LogP contribution in [0, 0.1) is 13.7 Å². The first kappa shape index (κ1) is 17.9. The summed E-state index contributed by atoms with van der Waals surface area (Å²) in [5.74, 6) is -1.07. The van der Waals surface area contributed by atoms with Gasteiger partial charge in [0.2, 0.25) is 0 Å². The van der Waals surface area contributed by atoms with Crippen LogP contribution in [-0.4, -0.2) is 23.3 Å². The van der Waals surface area contributed by atoms with Gasteiger partial charge in [0.15, 0.2) is 0 Å². The number of rotatable bonds is 6. The highest BCUT2D eigenvalue weighted by Crippen LogP contribution is 2.21. The van der Waals surface area contributed by atoms with E-state index in [1.807, 2.05) is 30.3 Å². The summed E-state index contributed by atoms with van der Waals surface area (Å²) < 4.78 is 5.39. The quantitative estimate of drug-likeness (QED) is 0.323. The van der Waals surface area contributed by atoms with E-state index >= 15 is 0 Å². The monoisotopic (exact) mass is 440 g/mol. The molecule has 124 valence electrons. The minimum Gasteiger partial charge on any atom is -0.460 e. The van der Waals surface area contributed by atoms with Crippen molar-refractivity contribution >= 4 is 40.2 Å². The lowest BCUT2D eigenvalue weighted by molar-refractivity contribution is -0.385. The van der Waals surface area contributed by atoms with Crippen LogP contribution in [0.25, 0.3) is 0 Å². The predicted molar refractivity (Wildman–Crippen MR) is 94.4 cm³/mol. The van der Waals surface area contributed by atoms with E-state index in [0.29, 0.717) is 3.57 Å². The van der Waals surface area contributed by atoms with Gasteiger partial charge in [0.25, 0.3) is 11.6 Å². The van der Waals surface area contributed by atoms with Crippen molar-refractivity contribution in [1.29, 1.82) is 0 Å². The fourth-order valence-electron chi connectivity index (χ4n) is 1.84. The Morgan fingerprint density at radius 1 is 1.17 bits per heavy atom. The average Bonchev–Trinajstić information content (AvgIpc) is 2.58. The minimum absolute atomic E-state index is 0.0746. The molecule has 2 aromatic carbocycles. The smallest absolute Gasteiger partial charge is 0.325 e. The van der Waals surface area contributed by atoms with Gasteiger partial charge in [-0.15, -0.1) is 0 Å². The number of ether oxygens (including phenoxy) is 1. The second-order valence-electron chi connectivity index (χ2n) is 4.75. The number of amides is 1. The Kier molecular flexibility index (Phi) is 6.24. The maximum absolute atomic E-state index is 12.0. The Balaban J connectivity index is 1.85. The lowest BCUT2D eigenvalue weighted by atomic mass is 10.2. The van der Waals surface area contributed by atoms with Crippen molar-refractivity contribution in [2.75, 3.05) is 6.54 Å². The van der Waals surface area contributed by atoms with Gasteiger partial charge >= 0.3 is 5.97 Å². The topological polar surface area (TPSA) is 98.5 Å². The zero-order chi connectivity index (χ0) is 17.5. The van der Waals surface area contributed by atoms with Gasteiger partial charge in [-0.3, -0.25) is 19.7 Å². The van der Waals surface area contributed by atoms with E-state index in [1.54, 1.807) is 22.6 Å². The largest absolute Gasteiger partial charge is 0.460 e. The Bertz CT molecular complexity index is 764. The maximum Gasteiger partial charge on any atom is 0.325 e. The summed E-state index contributed by atoms with van der Waals surface area (Å²) in [4.78, 5) is 33.8. The molecule has 0 aliphatic carbocycles. The third-order valence-corrected chi connectivity index (χ3v) is 3.91. The van der Waals surface area contributed by atoms with Crippen molar-refractivity contribution in [3.63, 3.8) is 0 Å². The highest BCUT2D eigenvalue weighted by molar-refractivity contribution is 14.1. The molecule has 0 aliphatic heterocycles. The molecule has 2 aromatic rings. The Hall–Kier alpha value is -2.49. The standard InChI is InChI=1S/C16H13IN2O5/c17-13-8-12(6-7-14(13)19(22)23)16(21)18-9-15(20)24-10-11-4-2-1-3-5-11/h1-8H,9-10H2,(H,18,21). The number of hydrogen-bond donors (Lipinski definition) is 1. The third-order valence-electron chi connectivity index (χ3n) is 3.04. The van der Waals surface area contributed by atoms with Crippen LogP contribution >= 0.6 is 22.6 Å². The molecular weight excluding hydrogens is 427 g/mol. The molecule has 7 nitrogen and oxygen atoms in total. The first-order valence-electron chi connectivity index (χ1n) is 6.89. The maximum atomic E-state index is 12.0. The summed E-state index contributed by atoms with van der Waals surface area (Å²) in [6.45, 7) is -0.149. The van der Waals surface area contributed by atoms with Gasteiger partial charge in [-0.05, 0) is 40.3 Å². The number of esters is 1. The number of nitro benzene ring substituents is 1. The molecule has 1 N–H and O–H groups in total. The van der Waals surface area contributed by atoms with E-state index in [-0.39, 0.29) is 24.4 Å². The fourth-order valence-corrected chi connectivity index (χ4v) is 2.55. The van der Waals surface area contributed by atoms with Crippen LogP contribution in [0.5, 0.6) is 0 Å². The van der Waals surface area contributed by atoms with E-state index in [0.717, 1.165) is 5.56 Å². The molecule has 0 heterocycles. The second kappa shape index (κ2) is 8.39. The minimum atomic E-state index is -0.566. The van der Waals surface area contributed by atoms with Crippen molar-refractivity contribution < 1.29 is 19.2 Å². The summed E-state index contributed by atoms with van der Waals surface area (Å²) in [5.41, 5.74) is 1.01. The van der Waals surface area contributed by atoms with Crippen LogP contribution < -0.4 is 5.32 Å². The van der Waals surface area contributed by atoms with E-state index in [9.17, 15) is 19.7 Å². The normalized spacial score (nSPS) is 10.0. The molecule has 0 atom stereocenters. The van der Waals surface area contributed by atoms with E-state index in [2.05, 4.69) is 5.32 Å². The number of nitro groups is 1. The zero-order valence-electron chi connectivity index (χ0n) is 12.4. The third kappa shape index (κ3) is 5.01. The van der Waals surface area contributed by atoms with Crippen molar-refractivity contribution in [2.45, 2.75) is 6.61 Å². The van der Waals surface area contributed by atoms with Gasteiger partial charge in [-0.2, -0.15) is 0 Å². The van der Waals surface area contributed by atoms with Crippen LogP contribution in [0.3, 0.4) is 0 Å². The highest BCUT2D eigenvalue weighted by Gasteiger charge is 2.15. The molecular formula is C16H13IN2O5. The van der Waals surface area contributed by atoms with Crippen molar-refractivity contribution in [1.82, 2.24) is 5.32 Å². The first-order chi connectivity index (χ1) is 11.5. The molecule has 0 radical (unpaired) electrons. The van der Waals surface area contributed by atoms with Gasteiger partial charge in [-0.25, -0.2) is 0 Å². The van der Waals surface area contributed by atoms with Crippen LogP contribution in [0.1, 0.15) is 15.9 Å². The molecule has 0 unspecified atom stereocenters. The summed E-state index contributed by atoms with van der Waals surface area (Å²) in [6.07, 6.45) is 0. The molecule has 0 aromatic heterocycles. The van der Waals surface area contributed by atoms with Gasteiger partial charge in [0.1, 0.15) is 13.2 Å². The number of hydrogen-bond acceptors (Lipinski definition) is 5. The van der Waals surface area contributed by atoms with E-state index in [4.69, 9.17) is 4.74 Å². The van der Waals surface area contributed by atoms with Gasteiger partial charge in [0, 0.05) is 11.6 Å². The molecule has 0 bridgehead atoms. The van der Waals surface area contributed by atoms with Gasteiger partial charge in [0.05, 0.1) is 8.49 Å². The first-order valence-corrected chi connectivity index (χ1v) is 7.97. The van der Waals surface area contributed by atoms with Crippen LogP contribution in [0.15, 0.2) is 48.5 Å². The predicted octanol–water partition coefficient (Wildman–Crippen LogP) is 2.67. The summed E-state index contributed by atoms with van der Waals surface area (Å²) in [5, 5.41) is 13.2. The number of nitrogens with one attached hydrogen (secondary N) is 1. The molecule has 24 heavy (non-hydrogen) atoms. The lowest BCUT2D eigenvalue weighted by Crippen LogP contribution is -2.30. The Morgan fingerprint density at radius 2 is 1.88 bits per heavy atom. The number of carbonyl (C=O) groups excluding carboxylic acids is 2. The summed E-state index contributed by atoms with van der Waals surface area (Å²) >= 11 is 1.78. The molecule has 0 spiro atoms. The summed E-state index contributed by atoms with van der Waals surface area (Å²) in [7, 11) is 0. The average molecular weight is 440 g/mol. The van der Waals surface area contributed by atoms with Crippen LogP contribution in [0.2, 0.25) is 0 Å². The zero-order valence-corrected chi connectivity index (χ0v) is 14.6. The highest BCUT2D eigenvalue weighted by atomic mass is 127. The molecule has 0 fully saturated rings. The molecule has 0 saturated carbocycles. The number of benzene rings is 2. The number of nitrogens with zero attached hydrogens (tertiary/aromatic N) is 1. The second-order valence-corrected chi connectivity index (χ2v) is 5.91. The molecule has 1 amide bonds. The van der Waals surface area contributed by atoms with E-state index < -0.39 is 16.8 Å². The number of halogens is 1. The fraction of sp³-hybridized carbons (Fsp3) is 0.125. The molecule has 0 saturated heterocycles. The molecule has 8 heteroatoms. The SMILES string of the molecule is O=C(CNC(=O)c1ccc([N+](=O)[O-])c(I)c1)OCc1ccccc1. The van der Waals surface area contributed by atoms with Crippen LogP contribution in [-0.2, 0) is 16.1 Å². The van der Waals surface area contributed by atoms with Gasteiger partial charge < -0.3 is 10.1 Å². The lowest BCUT2D eigenvalue weighted by Gasteiger charge is -2.07. The Labute approximate surface area is 151 Å². The van der Waals surface area contributed by atoms with Crippen molar-refractivity contribution in [2.24, 2.45) is 0 Å². The molecule has 2 rings (SSSR count). The number of carbonyl (C=O) groups is 2. The Morgan fingerprint density at radius 3 is 2.50 bits per heavy atom. The summed E-state index contributed by atoms with van der Waals surface area (Å²) in [6, 6.07) is 13.2. The van der Waals surface area contributed by atoms with Crippen molar-refractivity contribution in [3.8, 4) is 0 Å². The van der Waals surface area contributed by atoms with E-state index in [1.165, 1.54) is 18.2 Å². The van der Waals surface area contributed by atoms with Gasteiger partial charge in [-0.1, -0.05) is 30.3 Å². The van der Waals surface area contributed by atoms with Crippen molar-refractivity contribution in [3.05, 3.63) is 73.3 Å². The molecule has 0 aliphatic rings. The van der Waals surface area contributed by atoms with Crippen LogP contribution in [0.4, 0.5) is 5.69 Å².